The lowest BCUT2D eigenvalue weighted by Gasteiger charge is -2.10. The van der Waals surface area contributed by atoms with E-state index in [1.54, 1.807) is 12.4 Å². The molecule has 0 spiro atoms. The Bertz CT molecular complexity index is 1080. The summed E-state index contributed by atoms with van der Waals surface area (Å²) in [4.78, 5) is 13.2. The second kappa shape index (κ2) is 6.98. The zero-order valence-electron chi connectivity index (χ0n) is 14.1. The highest BCUT2D eigenvalue weighted by Gasteiger charge is 2.05. The van der Waals surface area contributed by atoms with E-state index in [0.717, 1.165) is 27.8 Å². The maximum atomic E-state index is 6.07. The number of nitrogens with zero attached hydrogens (tertiary/aromatic N) is 3. The van der Waals surface area contributed by atoms with E-state index in [1.165, 1.54) is 0 Å². The van der Waals surface area contributed by atoms with Crippen molar-refractivity contribution in [1.29, 1.82) is 0 Å². The van der Waals surface area contributed by atoms with E-state index >= 15 is 0 Å². The predicted molar refractivity (Wildman–Crippen MR) is 107 cm³/mol. The summed E-state index contributed by atoms with van der Waals surface area (Å²) in [7, 11) is 0. The molecular formula is C20H16ClN5. The predicted octanol–water partition coefficient (Wildman–Crippen LogP) is 5.47. The van der Waals surface area contributed by atoms with Crippen LogP contribution in [-0.4, -0.2) is 15.0 Å². The number of pyridine rings is 1. The zero-order valence-corrected chi connectivity index (χ0v) is 14.8. The molecule has 0 aliphatic rings. The first-order valence-corrected chi connectivity index (χ1v) is 8.53. The Kier molecular flexibility index (Phi) is 4.37. The minimum absolute atomic E-state index is 0.495. The molecular weight excluding hydrogens is 346 g/mol. The van der Waals surface area contributed by atoms with Crippen molar-refractivity contribution in [3.05, 3.63) is 77.6 Å². The third-order valence-corrected chi connectivity index (χ3v) is 4.20. The molecule has 2 aromatic heterocycles. The largest absolute Gasteiger partial charge is 0.339 e. The molecule has 0 atom stereocenters. The third kappa shape index (κ3) is 3.58. The highest BCUT2D eigenvalue weighted by Crippen LogP contribution is 2.24. The van der Waals surface area contributed by atoms with E-state index in [0.29, 0.717) is 16.8 Å². The number of benzene rings is 2. The second-order valence-corrected chi connectivity index (χ2v) is 6.33. The quantitative estimate of drug-likeness (QED) is 0.504. The van der Waals surface area contributed by atoms with Gasteiger partial charge in [0.05, 0.1) is 17.4 Å². The van der Waals surface area contributed by atoms with Gasteiger partial charge in [-0.05, 0) is 42.8 Å². The molecule has 0 aliphatic heterocycles. The van der Waals surface area contributed by atoms with Gasteiger partial charge >= 0.3 is 0 Å². The molecule has 0 aliphatic carbocycles. The van der Waals surface area contributed by atoms with E-state index in [1.807, 2.05) is 61.5 Å². The number of aryl methyl sites for hydroxylation is 1. The standard InChI is InChI=1S/C20H16ClN5/c1-13-6-7-15(21)11-18(13)25-20-22-9-8-19(26-20)24-16-10-14-4-2-3-5-17(14)23-12-16/h2-12H,1H3,(H2,22,24,25,26). The topological polar surface area (TPSA) is 62.7 Å². The molecule has 6 heteroatoms. The maximum Gasteiger partial charge on any atom is 0.229 e. The molecule has 5 nitrogen and oxygen atoms in total. The van der Waals surface area contributed by atoms with Crippen LogP contribution in [-0.2, 0) is 0 Å². The molecule has 2 N–H and O–H groups in total. The molecule has 0 unspecified atom stereocenters. The van der Waals surface area contributed by atoms with Gasteiger partial charge in [0.1, 0.15) is 5.82 Å². The Hall–Kier alpha value is -3.18. The van der Waals surface area contributed by atoms with Crippen LogP contribution < -0.4 is 10.6 Å². The van der Waals surface area contributed by atoms with Crippen molar-refractivity contribution in [2.24, 2.45) is 0 Å². The van der Waals surface area contributed by atoms with Crippen LogP contribution in [0.15, 0.2) is 67.0 Å². The van der Waals surface area contributed by atoms with Crippen molar-refractivity contribution in [3.8, 4) is 0 Å². The number of fused-ring (bicyclic) bond motifs is 1. The summed E-state index contributed by atoms with van der Waals surface area (Å²) in [6.07, 6.45) is 3.49. The maximum absolute atomic E-state index is 6.07. The van der Waals surface area contributed by atoms with Gasteiger partial charge in [0.15, 0.2) is 0 Å². The molecule has 4 aromatic rings. The smallest absolute Gasteiger partial charge is 0.229 e. The molecule has 2 aromatic carbocycles. The highest BCUT2D eigenvalue weighted by atomic mass is 35.5. The summed E-state index contributed by atoms with van der Waals surface area (Å²) in [5, 5.41) is 8.21. The number of para-hydroxylation sites is 1. The molecule has 0 fully saturated rings. The number of hydrogen-bond donors (Lipinski definition) is 2. The lowest BCUT2D eigenvalue weighted by molar-refractivity contribution is 1.16. The summed E-state index contributed by atoms with van der Waals surface area (Å²) < 4.78 is 0. The number of rotatable bonds is 4. The summed E-state index contributed by atoms with van der Waals surface area (Å²) in [6.45, 7) is 2.00. The molecule has 0 radical (unpaired) electrons. The Morgan fingerprint density at radius 2 is 1.81 bits per heavy atom. The SMILES string of the molecule is Cc1ccc(Cl)cc1Nc1nccc(Nc2cnc3ccccc3c2)n1. The van der Waals surface area contributed by atoms with Crippen molar-refractivity contribution in [2.75, 3.05) is 10.6 Å². The van der Waals surface area contributed by atoms with E-state index < -0.39 is 0 Å². The fourth-order valence-corrected chi connectivity index (χ4v) is 2.80. The fourth-order valence-electron chi connectivity index (χ4n) is 2.63. The van der Waals surface area contributed by atoms with E-state index in [-0.39, 0.29) is 0 Å². The minimum atomic E-state index is 0.495. The van der Waals surface area contributed by atoms with Crippen molar-refractivity contribution in [1.82, 2.24) is 15.0 Å². The van der Waals surface area contributed by atoms with Gasteiger partial charge < -0.3 is 10.6 Å². The van der Waals surface area contributed by atoms with Gasteiger partial charge in [-0.2, -0.15) is 4.98 Å². The van der Waals surface area contributed by atoms with E-state index in [9.17, 15) is 0 Å². The Labute approximate surface area is 156 Å². The van der Waals surface area contributed by atoms with Crippen molar-refractivity contribution < 1.29 is 0 Å². The van der Waals surface area contributed by atoms with Gasteiger partial charge in [-0.3, -0.25) is 4.98 Å². The van der Waals surface area contributed by atoms with E-state index in [2.05, 4.69) is 25.6 Å². The first-order valence-electron chi connectivity index (χ1n) is 8.15. The average molecular weight is 362 g/mol. The third-order valence-electron chi connectivity index (χ3n) is 3.96. The van der Waals surface area contributed by atoms with Crippen LogP contribution in [0.5, 0.6) is 0 Å². The van der Waals surface area contributed by atoms with Crippen LogP contribution in [0.2, 0.25) is 5.02 Å². The van der Waals surface area contributed by atoms with Crippen molar-refractivity contribution >= 4 is 45.6 Å². The Balaban J connectivity index is 1.57. The molecule has 2 heterocycles. The zero-order chi connectivity index (χ0) is 17.9. The number of anilines is 4. The van der Waals surface area contributed by atoms with Crippen LogP contribution in [0.3, 0.4) is 0 Å². The number of halogens is 1. The van der Waals surface area contributed by atoms with Crippen LogP contribution in [0.25, 0.3) is 10.9 Å². The summed E-state index contributed by atoms with van der Waals surface area (Å²) in [5.41, 5.74) is 3.77. The second-order valence-electron chi connectivity index (χ2n) is 5.89. The summed E-state index contributed by atoms with van der Waals surface area (Å²) >= 11 is 6.07. The normalized spacial score (nSPS) is 10.7. The molecule has 0 saturated heterocycles. The van der Waals surface area contributed by atoms with Gasteiger partial charge in [0, 0.05) is 22.3 Å². The number of aromatic nitrogens is 3. The molecule has 0 saturated carbocycles. The summed E-state index contributed by atoms with van der Waals surface area (Å²) in [5.74, 6) is 1.17. The Morgan fingerprint density at radius 3 is 2.73 bits per heavy atom. The lowest BCUT2D eigenvalue weighted by atomic mass is 10.2. The molecule has 26 heavy (non-hydrogen) atoms. The van der Waals surface area contributed by atoms with Crippen molar-refractivity contribution in [2.45, 2.75) is 6.92 Å². The Morgan fingerprint density at radius 1 is 0.923 bits per heavy atom. The van der Waals surface area contributed by atoms with Gasteiger partial charge in [-0.1, -0.05) is 35.9 Å². The summed E-state index contributed by atoms with van der Waals surface area (Å²) in [6, 6.07) is 17.5. The van der Waals surface area contributed by atoms with Crippen LogP contribution in [0, 0.1) is 6.92 Å². The number of hydrogen-bond acceptors (Lipinski definition) is 5. The molecule has 4 rings (SSSR count). The van der Waals surface area contributed by atoms with Crippen LogP contribution >= 0.6 is 11.6 Å². The average Bonchev–Trinajstić information content (AvgIpc) is 2.65. The fraction of sp³-hybridized carbons (Fsp3) is 0.0500. The molecule has 0 bridgehead atoms. The monoisotopic (exact) mass is 361 g/mol. The van der Waals surface area contributed by atoms with Crippen molar-refractivity contribution in [3.63, 3.8) is 0 Å². The van der Waals surface area contributed by atoms with Gasteiger partial charge in [-0.25, -0.2) is 4.98 Å². The van der Waals surface area contributed by atoms with Crippen LogP contribution in [0.4, 0.5) is 23.1 Å². The minimum Gasteiger partial charge on any atom is -0.339 e. The molecule has 0 amide bonds. The molecule has 128 valence electrons. The van der Waals surface area contributed by atoms with Crippen LogP contribution in [0.1, 0.15) is 5.56 Å². The van der Waals surface area contributed by atoms with E-state index in [4.69, 9.17) is 11.6 Å². The first-order chi connectivity index (χ1) is 12.7. The van der Waals surface area contributed by atoms with Gasteiger partial charge in [0.25, 0.3) is 0 Å². The van der Waals surface area contributed by atoms with Gasteiger partial charge in [-0.15, -0.1) is 0 Å². The van der Waals surface area contributed by atoms with Gasteiger partial charge in [0.2, 0.25) is 5.95 Å². The highest BCUT2D eigenvalue weighted by molar-refractivity contribution is 6.30. The lowest BCUT2D eigenvalue weighted by Crippen LogP contribution is -2.01. The number of nitrogens with one attached hydrogen (secondary N) is 2. The first kappa shape index (κ1) is 16.3.